The van der Waals surface area contributed by atoms with Gasteiger partial charge in [-0.1, -0.05) is 24.3 Å². The second-order valence-electron chi connectivity index (χ2n) is 16.4. The molecule has 0 aliphatic carbocycles. The number of aliphatic imine (C=N–C) groups is 2. The Bertz CT molecular complexity index is 2660. The van der Waals surface area contributed by atoms with E-state index >= 15 is 0 Å². The molecule has 0 radical (unpaired) electrons. The van der Waals surface area contributed by atoms with E-state index in [0.717, 1.165) is 16.7 Å². The summed E-state index contributed by atoms with van der Waals surface area (Å²) in [5, 5.41) is 9.12. The van der Waals surface area contributed by atoms with Crippen molar-refractivity contribution in [2.75, 3.05) is 52.1 Å². The lowest BCUT2D eigenvalue weighted by Crippen LogP contribution is -2.35. The lowest BCUT2D eigenvalue weighted by atomic mass is 9.91. The van der Waals surface area contributed by atoms with E-state index in [2.05, 4.69) is 40.9 Å². The third-order valence-corrected chi connectivity index (χ3v) is 11.4. The number of fused-ring (bicyclic) bond motifs is 2. The van der Waals surface area contributed by atoms with Crippen LogP contribution in [0.25, 0.3) is 22.5 Å². The molecule has 20 nitrogen and oxygen atoms in total. The van der Waals surface area contributed by atoms with Crippen LogP contribution in [0, 0.1) is 25.5 Å². The molecule has 13 N–H and O–H groups in total. The van der Waals surface area contributed by atoms with Crippen molar-refractivity contribution in [1.82, 2.24) is 40.9 Å². The van der Waals surface area contributed by atoms with Gasteiger partial charge in [-0.3, -0.25) is 19.7 Å². The molecule has 0 bridgehead atoms. The minimum absolute atomic E-state index is 0.132. The number of aliphatic hydroxyl groups excluding tert-OH is 1. The number of amidine groups is 2. The number of pyridine rings is 2. The molecule has 6 heterocycles. The van der Waals surface area contributed by atoms with Crippen molar-refractivity contribution in [3.05, 3.63) is 129 Å². The van der Waals surface area contributed by atoms with E-state index in [4.69, 9.17) is 62.9 Å². The highest BCUT2D eigenvalue weighted by Crippen LogP contribution is 2.38. The number of benzene rings is 2. The number of aliphatic hydroxyl groups is 1. The van der Waals surface area contributed by atoms with Crippen LogP contribution in [0.4, 0.5) is 20.7 Å². The van der Waals surface area contributed by atoms with Crippen LogP contribution in [0.1, 0.15) is 70.0 Å². The van der Waals surface area contributed by atoms with E-state index in [9.17, 15) is 8.78 Å². The molecule has 6 aromatic rings. The predicted molar refractivity (Wildman–Crippen MR) is 260 cm³/mol. The highest BCUT2D eigenvalue weighted by molar-refractivity contribution is 6.02. The fraction of sp³-hybridized carbons (Fsp3) is 0.333. The monoisotopic (exact) mass is 961 g/mol. The van der Waals surface area contributed by atoms with Crippen LogP contribution in [0.15, 0.2) is 82.8 Å². The Morgan fingerprint density at radius 3 is 1.50 bits per heavy atom. The molecule has 2 aliphatic rings. The van der Waals surface area contributed by atoms with Gasteiger partial charge in [0, 0.05) is 54.7 Å². The van der Waals surface area contributed by atoms with Gasteiger partial charge in [0.25, 0.3) is 0 Å². The van der Waals surface area contributed by atoms with Gasteiger partial charge in [-0.15, -0.1) is 0 Å². The number of nitrogen functional groups attached to an aromatic ring is 2. The average molecular weight is 962 g/mol. The summed E-state index contributed by atoms with van der Waals surface area (Å²) in [4.78, 5) is 47.4. The average Bonchev–Trinajstić information content (AvgIpc) is 3.35. The van der Waals surface area contributed by atoms with Crippen molar-refractivity contribution in [1.29, 1.82) is 0 Å². The lowest BCUT2D eigenvalue weighted by Gasteiger charge is -2.26. The predicted octanol–water partition coefficient (Wildman–Crippen LogP) is 3.67. The maximum atomic E-state index is 14.3. The fourth-order valence-electron chi connectivity index (χ4n) is 7.94. The first-order valence-corrected chi connectivity index (χ1v) is 22.4. The molecule has 2 unspecified atom stereocenters. The largest absolute Gasteiger partial charge is 0.481 e. The number of methoxy groups -OCH3 is 2. The van der Waals surface area contributed by atoms with Gasteiger partial charge in [0.05, 0.1) is 91.4 Å². The van der Waals surface area contributed by atoms with E-state index < -0.39 is 17.9 Å². The zero-order valence-electron chi connectivity index (χ0n) is 39.2. The maximum Gasteiger partial charge on any atom is 0.220 e. The standard InChI is InChI=1S/C24H29FN8O2.C24H28FN7O3/c1-13-22-20(32-24(28)29-13)11-19(31-23(22)33-35-9-8-15(27)12-26)16-7-6-14(25)10-17(16)18-4-3-5-21(30-18)34-2;1-13-22-20(31-24(27)28-13)11-19(30-23(22)32-35-9-8-15(26)12-33)16-7-6-14(25)10-17(16)18-4-3-5-21(29-18)34-2/h3-7,10,15,19H,8-9,11-12,26-27H2,1-2H3,(H,31,33)(H2,28,29,32);3-7,10,15,19,33H,8-9,11-12,26H2,1-2H3,(H,30,32)(H2,27,28,31)/t2*15?,19-/m11/s1. The second-order valence-corrected chi connectivity index (χ2v) is 16.4. The van der Waals surface area contributed by atoms with Crippen LogP contribution in [0.5, 0.6) is 11.8 Å². The second kappa shape index (κ2) is 23.3. The van der Waals surface area contributed by atoms with E-state index in [0.29, 0.717) is 113 Å². The molecule has 0 fully saturated rings. The number of hydrogen-bond acceptors (Lipinski definition) is 20. The molecule has 0 saturated heterocycles. The molecule has 22 heteroatoms. The van der Waals surface area contributed by atoms with Crippen LogP contribution in [-0.4, -0.2) is 99.4 Å². The van der Waals surface area contributed by atoms with Crippen LogP contribution in [-0.2, 0) is 22.5 Å². The molecule has 0 amide bonds. The number of hydrogen-bond donors (Lipinski definition) is 8. The van der Waals surface area contributed by atoms with Crippen LogP contribution < -0.4 is 49.1 Å². The highest BCUT2D eigenvalue weighted by Gasteiger charge is 2.31. The molecule has 8 rings (SSSR count). The summed E-state index contributed by atoms with van der Waals surface area (Å²) in [6.45, 7) is 4.48. The fourth-order valence-corrected chi connectivity index (χ4v) is 7.94. The Kier molecular flexibility index (Phi) is 16.8. The third kappa shape index (κ3) is 12.3. The molecule has 0 saturated carbocycles. The van der Waals surface area contributed by atoms with E-state index in [1.165, 1.54) is 38.5 Å². The Morgan fingerprint density at radius 1 is 0.643 bits per heavy atom. The van der Waals surface area contributed by atoms with E-state index in [1.54, 1.807) is 48.5 Å². The zero-order valence-corrected chi connectivity index (χ0v) is 39.2. The number of hydroxylamine groups is 2. The first-order chi connectivity index (χ1) is 33.8. The first kappa shape index (κ1) is 50.5. The van der Waals surface area contributed by atoms with E-state index in [1.807, 2.05) is 13.8 Å². The number of nitrogens with one attached hydrogen (secondary N) is 2. The minimum atomic E-state index is -0.425. The number of ether oxygens (including phenoxy) is 2. The van der Waals surface area contributed by atoms with Gasteiger partial charge in [-0.25, -0.2) is 49.6 Å². The molecule has 70 heavy (non-hydrogen) atoms. The SMILES string of the molecule is COc1cccc(-c2cc(F)ccc2[C@H]2Cc3nc(N)nc(C)c3C(NOCCC(N)CN)=N2)n1.COc1cccc(-c2cc(F)ccc2[C@H]2Cc3nc(N)nc(C)c3C(NOCCC(N)CO)=N2)n1. The Balaban J connectivity index is 0.000000206. The zero-order chi connectivity index (χ0) is 49.9. The van der Waals surface area contributed by atoms with Gasteiger partial charge in [0.2, 0.25) is 23.7 Å². The number of aryl methyl sites for hydroxylation is 2. The van der Waals surface area contributed by atoms with Crippen LogP contribution in [0.2, 0.25) is 0 Å². The molecular formula is C48H57F2N15O5. The first-order valence-electron chi connectivity index (χ1n) is 22.4. The maximum absolute atomic E-state index is 14.3. The molecule has 4 aromatic heterocycles. The molecule has 2 aliphatic heterocycles. The summed E-state index contributed by atoms with van der Waals surface area (Å²) >= 11 is 0. The van der Waals surface area contributed by atoms with Crippen molar-refractivity contribution in [2.24, 2.45) is 27.2 Å². The van der Waals surface area contributed by atoms with Gasteiger partial charge in [-0.05, 0) is 74.2 Å². The normalized spacial score (nSPS) is 15.8. The summed E-state index contributed by atoms with van der Waals surface area (Å²) in [5.41, 5.74) is 42.9. The molecule has 0 spiro atoms. The minimum Gasteiger partial charge on any atom is -0.481 e. The quantitative estimate of drug-likeness (QED) is 0.0507. The molecule has 4 atom stereocenters. The molecule has 2 aromatic carbocycles. The summed E-state index contributed by atoms with van der Waals surface area (Å²) < 4.78 is 39.1. The van der Waals surface area contributed by atoms with Gasteiger partial charge >= 0.3 is 0 Å². The Hall–Kier alpha value is -7.34. The summed E-state index contributed by atoms with van der Waals surface area (Å²) in [6.07, 6.45) is 1.89. The Labute approximate surface area is 403 Å². The van der Waals surface area contributed by atoms with Crippen molar-refractivity contribution in [3.8, 4) is 34.3 Å². The van der Waals surface area contributed by atoms with Gasteiger partial charge in [0.15, 0.2) is 11.7 Å². The van der Waals surface area contributed by atoms with Crippen molar-refractivity contribution < 1.29 is 33.0 Å². The van der Waals surface area contributed by atoms with E-state index in [-0.39, 0.29) is 43.0 Å². The summed E-state index contributed by atoms with van der Waals surface area (Å²) in [7, 11) is 3.06. The number of nitrogens with two attached hydrogens (primary N) is 5. The number of aromatic nitrogens is 6. The topological polar surface area (TPSA) is 313 Å². The third-order valence-electron chi connectivity index (χ3n) is 11.4. The van der Waals surface area contributed by atoms with Crippen molar-refractivity contribution >= 4 is 23.6 Å². The Morgan fingerprint density at radius 2 is 1.09 bits per heavy atom. The number of halogens is 2. The summed E-state index contributed by atoms with van der Waals surface area (Å²) in [6, 6.07) is 18.4. The van der Waals surface area contributed by atoms with Gasteiger partial charge < -0.3 is 43.2 Å². The van der Waals surface area contributed by atoms with Gasteiger partial charge in [0.1, 0.15) is 11.6 Å². The smallest absolute Gasteiger partial charge is 0.220 e. The number of nitrogens with zero attached hydrogens (tertiary/aromatic N) is 8. The van der Waals surface area contributed by atoms with Crippen LogP contribution in [0.3, 0.4) is 0 Å². The number of rotatable bonds is 16. The highest BCUT2D eigenvalue weighted by atomic mass is 19.1. The number of anilines is 2. The van der Waals surface area contributed by atoms with Crippen LogP contribution >= 0.6 is 0 Å². The molecular weight excluding hydrogens is 905 g/mol. The van der Waals surface area contributed by atoms with Crippen molar-refractivity contribution in [2.45, 2.75) is 63.7 Å². The lowest BCUT2D eigenvalue weighted by molar-refractivity contribution is 0.0746. The summed E-state index contributed by atoms with van der Waals surface area (Å²) in [5.74, 6) is 1.30. The molecule has 368 valence electrons. The van der Waals surface area contributed by atoms with Gasteiger partial charge in [-0.2, -0.15) is 0 Å². The van der Waals surface area contributed by atoms with Crippen molar-refractivity contribution in [3.63, 3.8) is 0 Å².